The van der Waals surface area contributed by atoms with E-state index in [4.69, 9.17) is 4.42 Å². The van der Waals surface area contributed by atoms with Gasteiger partial charge in [0.05, 0.1) is 5.57 Å². The Kier molecular flexibility index (Phi) is 4.54. The monoisotopic (exact) mass is 391 g/mol. The van der Waals surface area contributed by atoms with E-state index in [1.807, 2.05) is 19.1 Å². The lowest BCUT2D eigenvalue weighted by molar-refractivity contribution is -0.132. The Balaban J connectivity index is 1.96. The van der Waals surface area contributed by atoms with Gasteiger partial charge in [-0.3, -0.25) is 14.5 Å². The summed E-state index contributed by atoms with van der Waals surface area (Å²) in [6.07, 6.45) is 0. The minimum absolute atomic E-state index is 0.0980. The Morgan fingerprint density at radius 3 is 2.31 bits per heavy atom. The summed E-state index contributed by atoms with van der Waals surface area (Å²) in [7, 11) is 0. The number of amides is 1. The number of carbonyl (C=O) groups is 2. The second-order valence-corrected chi connectivity index (χ2v) is 6.91. The molecule has 2 heterocycles. The largest absolute Gasteiger partial charge is 0.507 e. The van der Waals surface area contributed by atoms with Gasteiger partial charge >= 0.3 is 0 Å². The molecule has 1 aromatic heterocycles. The van der Waals surface area contributed by atoms with Crippen molar-refractivity contribution in [3.8, 4) is 0 Å². The Bertz CT molecular complexity index is 1140. The van der Waals surface area contributed by atoms with E-state index in [0.717, 1.165) is 5.56 Å². The second-order valence-electron chi connectivity index (χ2n) is 6.91. The Hall–Kier alpha value is -3.67. The lowest BCUT2D eigenvalue weighted by atomic mass is 9.99. The van der Waals surface area contributed by atoms with Gasteiger partial charge < -0.3 is 9.52 Å². The first kappa shape index (κ1) is 18.7. The molecule has 1 unspecified atom stereocenters. The molecule has 1 aliphatic heterocycles. The minimum Gasteiger partial charge on any atom is -0.507 e. The molecular formula is C23H18FNO4. The van der Waals surface area contributed by atoms with Crippen molar-refractivity contribution in [1.29, 1.82) is 0 Å². The number of furan rings is 1. The SMILES string of the molecule is Cc1ccc(C2/C(=C(/O)c3ccc(F)cc3)C(=O)C(=O)N2c2ccccc2C)o1. The van der Waals surface area contributed by atoms with E-state index in [9.17, 15) is 19.1 Å². The summed E-state index contributed by atoms with van der Waals surface area (Å²) < 4.78 is 19.0. The van der Waals surface area contributed by atoms with Crippen molar-refractivity contribution >= 4 is 23.1 Å². The molecule has 0 saturated carbocycles. The quantitative estimate of drug-likeness (QED) is 0.400. The van der Waals surface area contributed by atoms with Crippen LogP contribution in [-0.4, -0.2) is 16.8 Å². The number of halogens is 1. The van der Waals surface area contributed by atoms with Crippen molar-refractivity contribution in [3.63, 3.8) is 0 Å². The van der Waals surface area contributed by atoms with Gasteiger partial charge in [0, 0.05) is 11.3 Å². The normalized spacial score (nSPS) is 18.4. The third-order valence-electron chi connectivity index (χ3n) is 4.97. The summed E-state index contributed by atoms with van der Waals surface area (Å²) >= 11 is 0. The number of anilines is 1. The summed E-state index contributed by atoms with van der Waals surface area (Å²) in [6, 6.07) is 14.7. The number of para-hydroxylation sites is 1. The van der Waals surface area contributed by atoms with Crippen LogP contribution in [-0.2, 0) is 9.59 Å². The average Bonchev–Trinajstić information content (AvgIpc) is 3.24. The van der Waals surface area contributed by atoms with Crippen LogP contribution in [0.4, 0.5) is 10.1 Å². The summed E-state index contributed by atoms with van der Waals surface area (Å²) in [4.78, 5) is 27.3. The fourth-order valence-electron chi connectivity index (χ4n) is 3.55. The molecule has 29 heavy (non-hydrogen) atoms. The maximum Gasteiger partial charge on any atom is 0.300 e. The third-order valence-corrected chi connectivity index (χ3v) is 4.97. The van der Waals surface area contributed by atoms with Crippen LogP contribution in [0, 0.1) is 19.7 Å². The number of rotatable bonds is 3. The molecule has 5 nitrogen and oxygen atoms in total. The second kappa shape index (κ2) is 7.05. The lowest BCUT2D eigenvalue weighted by Gasteiger charge is -2.24. The van der Waals surface area contributed by atoms with E-state index in [1.54, 1.807) is 31.2 Å². The van der Waals surface area contributed by atoms with Gasteiger partial charge in [0.2, 0.25) is 0 Å². The smallest absolute Gasteiger partial charge is 0.300 e. The number of benzene rings is 2. The molecular weight excluding hydrogens is 373 g/mol. The van der Waals surface area contributed by atoms with Crippen molar-refractivity contribution in [2.24, 2.45) is 0 Å². The van der Waals surface area contributed by atoms with Gasteiger partial charge in [-0.2, -0.15) is 0 Å². The van der Waals surface area contributed by atoms with Crippen LogP contribution in [0.15, 0.2) is 70.7 Å². The molecule has 0 aliphatic carbocycles. The molecule has 0 bridgehead atoms. The van der Waals surface area contributed by atoms with Crippen molar-refractivity contribution in [2.75, 3.05) is 4.90 Å². The number of nitrogens with zero attached hydrogens (tertiary/aromatic N) is 1. The van der Waals surface area contributed by atoms with Gasteiger partial charge in [-0.1, -0.05) is 18.2 Å². The predicted octanol–water partition coefficient (Wildman–Crippen LogP) is 4.66. The van der Waals surface area contributed by atoms with E-state index in [0.29, 0.717) is 17.2 Å². The molecule has 1 fully saturated rings. The van der Waals surface area contributed by atoms with E-state index in [-0.39, 0.29) is 16.9 Å². The highest BCUT2D eigenvalue weighted by Gasteiger charge is 2.48. The molecule has 146 valence electrons. The number of aryl methyl sites for hydroxylation is 2. The zero-order valence-corrected chi connectivity index (χ0v) is 15.8. The number of hydrogen-bond donors (Lipinski definition) is 1. The highest BCUT2D eigenvalue weighted by molar-refractivity contribution is 6.51. The summed E-state index contributed by atoms with van der Waals surface area (Å²) in [6.45, 7) is 3.59. The zero-order chi connectivity index (χ0) is 20.7. The van der Waals surface area contributed by atoms with Gasteiger partial charge in [0.25, 0.3) is 11.7 Å². The van der Waals surface area contributed by atoms with E-state index >= 15 is 0 Å². The fraction of sp³-hybridized carbons (Fsp3) is 0.130. The summed E-state index contributed by atoms with van der Waals surface area (Å²) in [5.74, 6) is -1.47. The first-order valence-electron chi connectivity index (χ1n) is 9.07. The number of ketones is 1. The average molecular weight is 391 g/mol. The van der Waals surface area contributed by atoms with Crippen LogP contribution in [0.3, 0.4) is 0 Å². The predicted molar refractivity (Wildman–Crippen MR) is 106 cm³/mol. The van der Waals surface area contributed by atoms with E-state index < -0.39 is 23.5 Å². The topological polar surface area (TPSA) is 70.8 Å². The van der Waals surface area contributed by atoms with E-state index in [1.165, 1.54) is 29.2 Å². The highest BCUT2D eigenvalue weighted by Crippen LogP contribution is 2.43. The van der Waals surface area contributed by atoms with Crippen molar-refractivity contribution < 1.29 is 23.5 Å². The van der Waals surface area contributed by atoms with Crippen LogP contribution < -0.4 is 4.90 Å². The van der Waals surface area contributed by atoms with Gasteiger partial charge in [-0.15, -0.1) is 0 Å². The molecule has 0 spiro atoms. The standard InChI is InChI=1S/C23H18FNO4/c1-13-5-3-4-6-17(13)25-20(18-12-7-14(2)29-18)19(22(27)23(25)28)21(26)15-8-10-16(24)11-9-15/h3-12,20,26H,1-2H3/b21-19-. The first-order valence-corrected chi connectivity index (χ1v) is 9.07. The Morgan fingerprint density at radius 2 is 1.69 bits per heavy atom. The Labute approximate surface area is 166 Å². The summed E-state index contributed by atoms with van der Waals surface area (Å²) in [5.41, 5.74) is 1.48. The van der Waals surface area contributed by atoms with Crippen molar-refractivity contribution in [1.82, 2.24) is 0 Å². The first-order chi connectivity index (χ1) is 13.9. The maximum atomic E-state index is 13.3. The van der Waals surface area contributed by atoms with Crippen molar-refractivity contribution in [2.45, 2.75) is 19.9 Å². The van der Waals surface area contributed by atoms with Gasteiger partial charge in [0.15, 0.2) is 0 Å². The van der Waals surface area contributed by atoms with Crippen LogP contribution in [0.1, 0.15) is 28.7 Å². The van der Waals surface area contributed by atoms with Crippen LogP contribution in [0.2, 0.25) is 0 Å². The van der Waals surface area contributed by atoms with Crippen LogP contribution in [0.25, 0.3) is 5.76 Å². The summed E-state index contributed by atoms with van der Waals surface area (Å²) in [5, 5.41) is 10.9. The maximum absolute atomic E-state index is 13.3. The lowest BCUT2D eigenvalue weighted by Crippen LogP contribution is -2.29. The molecule has 2 aromatic carbocycles. The highest BCUT2D eigenvalue weighted by atomic mass is 19.1. The van der Waals surface area contributed by atoms with E-state index in [2.05, 4.69) is 0 Å². The number of aliphatic hydroxyl groups excluding tert-OH is 1. The molecule has 3 aromatic rings. The van der Waals surface area contributed by atoms with Crippen LogP contribution >= 0.6 is 0 Å². The fourth-order valence-corrected chi connectivity index (χ4v) is 3.55. The van der Waals surface area contributed by atoms with Crippen molar-refractivity contribution in [3.05, 3.63) is 94.7 Å². The number of Topliss-reactive ketones (excluding diaryl/α,β-unsaturated/α-hetero) is 1. The molecule has 1 atom stereocenters. The molecule has 1 amide bonds. The molecule has 4 rings (SSSR count). The molecule has 1 saturated heterocycles. The number of aliphatic hydroxyl groups is 1. The van der Waals surface area contributed by atoms with Gasteiger partial charge in [0.1, 0.15) is 29.1 Å². The zero-order valence-electron chi connectivity index (χ0n) is 15.8. The number of hydrogen-bond acceptors (Lipinski definition) is 4. The van der Waals surface area contributed by atoms with Gasteiger partial charge in [-0.05, 0) is 61.9 Å². The molecule has 6 heteroatoms. The number of carbonyl (C=O) groups excluding carboxylic acids is 2. The van der Waals surface area contributed by atoms with Crippen LogP contribution in [0.5, 0.6) is 0 Å². The Morgan fingerprint density at radius 1 is 1.00 bits per heavy atom. The molecule has 0 radical (unpaired) electrons. The minimum atomic E-state index is -0.935. The molecule has 1 aliphatic rings. The molecule has 1 N–H and O–H groups in total. The van der Waals surface area contributed by atoms with Gasteiger partial charge in [-0.25, -0.2) is 4.39 Å². The third kappa shape index (κ3) is 3.12.